The molecule has 5 heteroatoms. The number of hydrogen-bond acceptors (Lipinski definition) is 4. The van der Waals surface area contributed by atoms with Gasteiger partial charge in [0, 0.05) is 6.26 Å². The Kier molecular flexibility index (Phi) is 2.29. The molecule has 1 rings (SSSR count). The van der Waals surface area contributed by atoms with Gasteiger partial charge in [-0.25, -0.2) is 13.4 Å². The van der Waals surface area contributed by atoms with E-state index in [1.165, 1.54) is 23.8 Å². The highest BCUT2D eigenvalue weighted by molar-refractivity contribution is 7.92. The Balaban J connectivity index is 3.09. The van der Waals surface area contributed by atoms with E-state index >= 15 is 0 Å². The van der Waals surface area contributed by atoms with E-state index in [-0.39, 0.29) is 0 Å². The van der Waals surface area contributed by atoms with Crippen LogP contribution in [0.4, 0.5) is 0 Å². The molecule has 0 fully saturated rings. The van der Waals surface area contributed by atoms with Crippen molar-refractivity contribution in [2.24, 2.45) is 0 Å². The van der Waals surface area contributed by atoms with Gasteiger partial charge in [-0.15, -0.1) is 11.3 Å². The first-order chi connectivity index (χ1) is 5.04. The first kappa shape index (κ1) is 8.67. The summed E-state index contributed by atoms with van der Waals surface area (Å²) in [5.41, 5.74) is 0. The van der Waals surface area contributed by atoms with E-state index < -0.39 is 9.84 Å². The van der Waals surface area contributed by atoms with Gasteiger partial charge in [-0.05, 0) is 6.42 Å². The summed E-state index contributed by atoms with van der Waals surface area (Å²) in [6, 6.07) is 0. The van der Waals surface area contributed by atoms with Crippen LogP contribution in [0, 0.1) is 0 Å². The summed E-state index contributed by atoms with van der Waals surface area (Å²) in [7, 11) is -3.04. The molecule has 0 saturated carbocycles. The molecule has 0 aliphatic carbocycles. The minimum atomic E-state index is -3.04. The SMILES string of the molecule is CCc1ncc(S(C)(=O)=O)s1. The van der Waals surface area contributed by atoms with Crippen molar-refractivity contribution in [2.75, 3.05) is 6.26 Å². The number of nitrogens with zero attached hydrogens (tertiary/aromatic N) is 1. The Morgan fingerprint density at radius 1 is 1.64 bits per heavy atom. The van der Waals surface area contributed by atoms with Gasteiger partial charge in [-0.1, -0.05) is 6.92 Å². The lowest BCUT2D eigenvalue weighted by Gasteiger charge is -1.86. The molecule has 0 bridgehead atoms. The molecule has 0 radical (unpaired) electrons. The number of hydrogen-bond donors (Lipinski definition) is 0. The highest BCUT2D eigenvalue weighted by atomic mass is 32.2. The van der Waals surface area contributed by atoms with Gasteiger partial charge in [0.15, 0.2) is 9.84 Å². The predicted octanol–water partition coefficient (Wildman–Crippen LogP) is 1.11. The van der Waals surface area contributed by atoms with Crippen LogP contribution in [0.5, 0.6) is 0 Å². The molecule has 1 aromatic heterocycles. The van der Waals surface area contributed by atoms with E-state index in [9.17, 15) is 8.42 Å². The molecule has 11 heavy (non-hydrogen) atoms. The fraction of sp³-hybridized carbons (Fsp3) is 0.500. The largest absolute Gasteiger partial charge is 0.248 e. The molecule has 0 aliphatic rings. The summed E-state index contributed by atoms with van der Waals surface area (Å²) < 4.78 is 22.2. The highest BCUT2D eigenvalue weighted by Crippen LogP contribution is 2.18. The van der Waals surface area contributed by atoms with Crippen LogP contribution >= 0.6 is 11.3 Å². The van der Waals surface area contributed by atoms with E-state index in [4.69, 9.17) is 0 Å². The Morgan fingerprint density at radius 3 is 2.55 bits per heavy atom. The van der Waals surface area contributed by atoms with Gasteiger partial charge in [-0.3, -0.25) is 0 Å². The lowest BCUT2D eigenvalue weighted by molar-refractivity contribution is 0.603. The van der Waals surface area contributed by atoms with Gasteiger partial charge in [0.1, 0.15) is 4.21 Å². The molecule has 0 saturated heterocycles. The number of aromatic nitrogens is 1. The number of sulfone groups is 1. The maximum atomic E-state index is 10.9. The molecule has 0 spiro atoms. The summed E-state index contributed by atoms with van der Waals surface area (Å²) in [4.78, 5) is 3.94. The zero-order valence-corrected chi connectivity index (χ0v) is 8.00. The van der Waals surface area contributed by atoms with Gasteiger partial charge in [0.2, 0.25) is 0 Å². The molecule has 0 unspecified atom stereocenters. The van der Waals surface area contributed by atoms with Crippen LogP contribution in [0.25, 0.3) is 0 Å². The molecule has 0 N–H and O–H groups in total. The molecule has 1 aromatic rings. The first-order valence-electron chi connectivity index (χ1n) is 3.19. The third-order valence-electron chi connectivity index (χ3n) is 1.20. The van der Waals surface area contributed by atoms with Crippen LogP contribution in [-0.2, 0) is 16.3 Å². The van der Waals surface area contributed by atoms with E-state index in [0.717, 1.165) is 11.4 Å². The smallest absolute Gasteiger partial charge is 0.186 e. The number of rotatable bonds is 2. The molecule has 0 atom stereocenters. The molecule has 0 aromatic carbocycles. The molecule has 1 heterocycles. The Hall–Kier alpha value is -0.420. The van der Waals surface area contributed by atoms with Crippen LogP contribution in [0.3, 0.4) is 0 Å². The second kappa shape index (κ2) is 2.91. The maximum Gasteiger partial charge on any atom is 0.186 e. The van der Waals surface area contributed by atoms with Crippen LogP contribution in [0.1, 0.15) is 11.9 Å². The van der Waals surface area contributed by atoms with Crippen LogP contribution in [0.2, 0.25) is 0 Å². The Labute approximate surface area is 70.0 Å². The molecule has 62 valence electrons. The zero-order valence-electron chi connectivity index (χ0n) is 6.36. The van der Waals surface area contributed by atoms with Gasteiger partial charge < -0.3 is 0 Å². The van der Waals surface area contributed by atoms with Crippen molar-refractivity contribution in [1.82, 2.24) is 4.98 Å². The summed E-state index contributed by atoms with van der Waals surface area (Å²) in [5, 5.41) is 0.866. The second-order valence-electron chi connectivity index (χ2n) is 2.20. The summed E-state index contributed by atoms with van der Waals surface area (Å²) in [6.07, 6.45) is 3.40. The van der Waals surface area contributed by atoms with Crippen LogP contribution in [0.15, 0.2) is 10.4 Å². The minimum absolute atomic E-state index is 0.356. The highest BCUT2D eigenvalue weighted by Gasteiger charge is 2.10. The Morgan fingerprint density at radius 2 is 2.27 bits per heavy atom. The maximum absolute atomic E-state index is 10.9. The monoisotopic (exact) mass is 191 g/mol. The third kappa shape index (κ3) is 2.00. The average molecular weight is 191 g/mol. The van der Waals surface area contributed by atoms with Gasteiger partial charge in [0.25, 0.3) is 0 Å². The van der Waals surface area contributed by atoms with E-state index in [0.29, 0.717) is 4.21 Å². The van der Waals surface area contributed by atoms with Crippen molar-refractivity contribution < 1.29 is 8.42 Å². The molecule has 0 aliphatic heterocycles. The van der Waals surface area contributed by atoms with E-state index in [1.807, 2.05) is 6.92 Å². The van der Waals surface area contributed by atoms with E-state index in [1.54, 1.807) is 0 Å². The van der Waals surface area contributed by atoms with Crippen LogP contribution in [-0.4, -0.2) is 19.7 Å². The summed E-state index contributed by atoms with van der Waals surface area (Å²) in [6.45, 7) is 1.95. The molecule has 3 nitrogen and oxygen atoms in total. The zero-order chi connectivity index (χ0) is 8.48. The topological polar surface area (TPSA) is 47.0 Å². The minimum Gasteiger partial charge on any atom is -0.248 e. The van der Waals surface area contributed by atoms with Crippen LogP contribution < -0.4 is 0 Å². The fourth-order valence-electron chi connectivity index (χ4n) is 0.628. The standard InChI is InChI=1S/C6H9NO2S2/c1-3-5-7-4-6(10-5)11(2,8)9/h4H,3H2,1-2H3. The summed E-state index contributed by atoms with van der Waals surface area (Å²) >= 11 is 1.24. The third-order valence-corrected chi connectivity index (χ3v) is 4.13. The number of aryl methyl sites for hydroxylation is 1. The average Bonchev–Trinajstić information content (AvgIpc) is 2.32. The fourth-order valence-corrected chi connectivity index (χ4v) is 2.35. The lowest BCUT2D eigenvalue weighted by atomic mass is 10.5. The molecular weight excluding hydrogens is 182 g/mol. The van der Waals surface area contributed by atoms with Gasteiger partial charge in [0.05, 0.1) is 11.2 Å². The van der Waals surface area contributed by atoms with Gasteiger partial charge >= 0.3 is 0 Å². The van der Waals surface area contributed by atoms with E-state index in [2.05, 4.69) is 4.98 Å². The molecule has 0 amide bonds. The van der Waals surface area contributed by atoms with Gasteiger partial charge in [-0.2, -0.15) is 0 Å². The molecular formula is C6H9NO2S2. The lowest BCUT2D eigenvalue weighted by Crippen LogP contribution is -1.91. The second-order valence-corrected chi connectivity index (χ2v) is 5.56. The van der Waals surface area contributed by atoms with Crippen molar-refractivity contribution in [2.45, 2.75) is 17.6 Å². The normalized spacial score (nSPS) is 11.8. The predicted molar refractivity (Wildman–Crippen MR) is 44.6 cm³/mol. The van der Waals surface area contributed by atoms with Crippen molar-refractivity contribution in [1.29, 1.82) is 0 Å². The van der Waals surface area contributed by atoms with Crippen molar-refractivity contribution >= 4 is 21.2 Å². The van der Waals surface area contributed by atoms with Crippen molar-refractivity contribution in [3.8, 4) is 0 Å². The summed E-state index contributed by atoms with van der Waals surface area (Å²) in [5.74, 6) is 0. The van der Waals surface area contributed by atoms with Crippen molar-refractivity contribution in [3.05, 3.63) is 11.2 Å². The van der Waals surface area contributed by atoms with Crippen molar-refractivity contribution in [3.63, 3.8) is 0 Å². The number of thiazole rings is 1. The quantitative estimate of drug-likeness (QED) is 0.703. The Bertz CT molecular complexity index is 339. The first-order valence-corrected chi connectivity index (χ1v) is 5.89.